The Bertz CT molecular complexity index is 594. The summed E-state index contributed by atoms with van der Waals surface area (Å²) < 4.78 is 10.7. The van der Waals surface area contributed by atoms with Crippen LogP contribution in [-0.2, 0) is 10.3 Å². The van der Waals surface area contributed by atoms with Gasteiger partial charge in [-0.3, -0.25) is 0 Å². The van der Waals surface area contributed by atoms with Crippen molar-refractivity contribution in [3.05, 3.63) is 34.1 Å². The number of aromatic nitrogens is 2. The fraction of sp³-hybridized carbons (Fsp3) is 0.429. The number of nitrogens with two attached hydrogens (primary N) is 1. The van der Waals surface area contributed by atoms with E-state index >= 15 is 0 Å². The zero-order chi connectivity index (χ0) is 15.5. The third-order valence-electron chi connectivity index (χ3n) is 2.86. The van der Waals surface area contributed by atoms with Gasteiger partial charge in [-0.25, -0.2) is 0 Å². The molecule has 0 saturated carbocycles. The first-order valence-electron chi connectivity index (χ1n) is 6.61. The Kier molecular flexibility index (Phi) is 5.22. The minimum atomic E-state index is -0.843. The molecule has 0 bridgehead atoms. The molecule has 0 radical (unpaired) electrons. The molecule has 2 N–H and O–H groups in total. The van der Waals surface area contributed by atoms with E-state index in [1.54, 1.807) is 25.1 Å². The third-order valence-corrected chi connectivity index (χ3v) is 3.49. The van der Waals surface area contributed by atoms with E-state index in [2.05, 4.69) is 10.1 Å². The number of nitrogens with zero attached hydrogens (tertiary/aromatic N) is 2. The number of ether oxygens (including phenoxy) is 1. The van der Waals surface area contributed by atoms with Crippen molar-refractivity contribution in [2.45, 2.75) is 25.8 Å². The first-order valence-corrected chi connectivity index (χ1v) is 7.36. The summed E-state index contributed by atoms with van der Waals surface area (Å²) >= 11 is 12.2. The predicted molar refractivity (Wildman–Crippen MR) is 82.4 cm³/mol. The monoisotopic (exact) mass is 329 g/mol. The number of hydrogen-bond acceptors (Lipinski definition) is 5. The van der Waals surface area contributed by atoms with E-state index in [4.69, 9.17) is 38.2 Å². The molecule has 0 aliphatic heterocycles. The van der Waals surface area contributed by atoms with Crippen molar-refractivity contribution < 1.29 is 9.26 Å². The summed E-state index contributed by atoms with van der Waals surface area (Å²) in [7, 11) is 0. The minimum Gasteiger partial charge on any atom is -0.379 e. The molecule has 0 spiro atoms. The van der Waals surface area contributed by atoms with Gasteiger partial charge in [0.25, 0.3) is 5.89 Å². The van der Waals surface area contributed by atoms with Crippen molar-refractivity contribution in [1.29, 1.82) is 0 Å². The van der Waals surface area contributed by atoms with Crippen LogP contribution >= 0.6 is 23.2 Å². The summed E-state index contributed by atoms with van der Waals surface area (Å²) in [4.78, 5) is 4.30. The van der Waals surface area contributed by atoms with Crippen LogP contribution in [0.25, 0.3) is 11.5 Å². The molecule has 21 heavy (non-hydrogen) atoms. The van der Waals surface area contributed by atoms with Crippen LogP contribution in [0.4, 0.5) is 0 Å². The van der Waals surface area contributed by atoms with Gasteiger partial charge >= 0.3 is 0 Å². The predicted octanol–water partition coefficient (Wildman–Crippen LogP) is 3.64. The Morgan fingerprint density at radius 1 is 1.33 bits per heavy atom. The van der Waals surface area contributed by atoms with Crippen LogP contribution < -0.4 is 5.73 Å². The fourth-order valence-corrected chi connectivity index (χ4v) is 2.31. The molecule has 0 amide bonds. The van der Waals surface area contributed by atoms with Crippen LogP contribution in [-0.4, -0.2) is 23.4 Å². The molecule has 1 aromatic heterocycles. The van der Waals surface area contributed by atoms with Crippen LogP contribution in [0.15, 0.2) is 22.7 Å². The van der Waals surface area contributed by atoms with Gasteiger partial charge in [-0.15, -0.1) is 0 Å². The lowest BCUT2D eigenvalue weighted by atomic mass is 10.1. The molecular weight excluding hydrogens is 313 g/mol. The Labute approximate surface area is 133 Å². The molecule has 2 aromatic rings. The minimum absolute atomic E-state index is 0.243. The summed E-state index contributed by atoms with van der Waals surface area (Å²) in [6.45, 7) is 4.75. The molecule has 1 atom stereocenters. The second kappa shape index (κ2) is 6.75. The molecule has 0 aliphatic rings. The van der Waals surface area contributed by atoms with E-state index in [9.17, 15) is 0 Å². The summed E-state index contributed by atoms with van der Waals surface area (Å²) in [5, 5.41) is 4.80. The maximum atomic E-state index is 6.17. The highest BCUT2D eigenvalue weighted by atomic mass is 35.5. The highest BCUT2D eigenvalue weighted by molar-refractivity contribution is 6.38. The van der Waals surface area contributed by atoms with Crippen molar-refractivity contribution in [2.75, 3.05) is 13.2 Å². The first kappa shape index (κ1) is 16.2. The zero-order valence-electron chi connectivity index (χ0n) is 11.9. The summed E-state index contributed by atoms with van der Waals surface area (Å²) in [6.07, 6.45) is 0.919. The van der Waals surface area contributed by atoms with Crippen LogP contribution in [0.2, 0.25) is 10.0 Å². The van der Waals surface area contributed by atoms with Crippen molar-refractivity contribution in [2.24, 2.45) is 5.73 Å². The van der Waals surface area contributed by atoms with E-state index < -0.39 is 5.54 Å². The van der Waals surface area contributed by atoms with E-state index in [-0.39, 0.29) is 5.89 Å². The van der Waals surface area contributed by atoms with Crippen LogP contribution in [0.5, 0.6) is 0 Å². The Morgan fingerprint density at radius 3 is 2.62 bits per heavy atom. The van der Waals surface area contributed by atoms with Crippen molar-refractivity contribution in [3.8, 4) is 11.5 Å². The molecule has 5 nitrogen and oxygen atoms in total. The Hall–Kier alpha value is -1.14. The quantitative estimate of drug-likeness (QED) is 0.819. The third kappa shape index (κ3) is 3.74. The second-order valence-electron chi connectivity index (χ2n) is 4.99. The van der Waals surface area contributed by atoms with Gasteiger partial charge in [-0.1, -0.05) is 41.3 Å². The number of halogens is 2. The van der Waals surface area contributed by atoms with Gasteiger partial charge in [0.15, 0.2) is 5.82 Å². The molecule has 0 aliphatic carbocycles. The number of benzene rings is 1. The van der Waals surface area contributed by atoms with Gasteiger partial charge in [0, 0.05) is 6.61 Å². The summed E-state index contributed by atoms with van der Waals surface area (Å²) in [6, 6.07) is 5.16. The van der Waals surface area contributed by atoms with E-state index in [0.29, 0.717) is 34.6 Å². The molecule has 7 heteroatoms. The normalized spacial score (nSPS) is 14.1. The van der Waals surface area contributed by atoms with Gasteiger partial charge in [0.1, 0.15) is 5.54 Å². The van der Waals surface area contributed by atoms with Gasteiger partial charge in [0.05, 0.1) is 22.2 Å². The van der Waals surface area contributed by atoms with E-state index in [1.807, 2.05) is 6.92 Å². The van der Waals surface area contributed by atoms with E-state index in [1.165, 1.54) is 0 Å². The SMILES string of the molecule is CCCOCC(C)(N)c1noc(-c2c(Cl)cccc2Cl)n1. The maximum Gasteiger partial charge on any atom is 0.261 e. The van der Waals surface area contributed by atoms with Gasteiger partial charge < -0.3 is 15.0 Å². The Morgan fingerprint density at radius 2 is 2.00 bits per heavy atom. The van der Waals surface area contributed by atoms with Crippen LogP contribution in [0, 0.1) is 0 Å². The molecule has 0 saturated heterocycles. The lowest BCUT2D eigenvalue weighted by molar-refractivity contribution is 0.0867. The second-order valence-corrected chi connectivity index (χ2v) is 5.80. The lowest BCUT2D eigenvalue weighted by Crippen LogP contribution is -2.39. The van der Waals surface area contributed by atoms with Crippen LogP contribution in [0.1, 0.15) is 26.1 Å². The number of rotatable bonds is 6. The molecule has 1 unspecified atom stereocenters. The smallest absolute Gasteiger partial charge is 0.261 e. The fourth-order valence-electron chi connectivity index (χ4n) is 1.75. The van der Waals surface area contributed by atoms with Crippen LogP contribution in [0.3, 0.4) is 0 Å². The van der Waals surface area contributed by atoms with E-state index in [0.717, 1.165) is 6.42 Å². The Balaban J connectivity index is 2.25. The standard InChI is InChI=1S/C14H17Cl2N3O2/c1-3-7-20-8-14(2,17)13-18-12(21-19-13)11-9(15)5-4-6-10(11)16/h4-6H,3,7-8,17H2,1-2H3. The van der Waals surface area contributed by atoms with Gasteiger partial charge in [-0.05, 0) is 25.5 Å². The van der Waals surface area contributed by atoms with Crippen molar-refractivity contribution in [3.63, 3.8) is 0 Å². The van der Waals surface area contributed by atoms with Crippen molar-refractivity contribution in [1.82, 2.24) is 10.1 Å². The van der Waals surface area contributed by atoms with Gasteiger partial charge in [-0.2, -0.15) is 4.98 Å². The topological polar surface area (TPSA) is 74.2 Å². The highest BCUT2D eigenvalue weighted by Gasteiger charge is 2.29. The number of hydrogen-bond donors (Lipinski definition) is 1. The summed E-state index contributed by atoms with van der Waals surface area (Å²) in [5.74, 6) is 0.595. The highest BCUT2D eigenvalue weighted by Crippen LogP contribution is 2.34. The summed E-state index contributed by atoms with van der Waals surface area (Å²) in [5.41, 5.74) is 5.83. The largest absolute Gasteiger partial charge is 0.379 e. The first-order chi connectivity index (χ1) is 9.95. The lowest BCUT2D eigenvalue weighted by Gasteiger charge is -2.19. The molecule has 1 aromatic carbocycles. The molecular formula is C14H17Cl2N3O2. The average molecular weight is 330 g/mol. The molecule has 2 rings (SSSR count). The van der Waals surface area contributed by atoms with Crippen molar-refractivity contribution >= 4 is 23.2 Å². The molecule has 114 valence electrons. The molecule has 1 heterocycles. The van der Waals surface area contributed by atoms with Gasteiger partial charge in [0.2, 0.25) is 0 Å². The maximum absolute atomic E-state index is 6.17. The average Bonchev–Trinajstić information content (AvgIpc) is 2.89. The zero-order valence-corrected chi connectivity index (χ0v) is 13.4. The molecule has 0 fully saturated rings.